The van der Waals surface area contributed by atoms with Crippen LogP contribution in [0.25, 0.3) is 11.6 Å². The lowest BCUT2D eigenvalue weighted by Gasteiger charge is -2.10. The highest BCUT2D eigenvalue weighted by atomic mass is 19.2. The molecule has 0 atom stereocenters. The summed E-state index contributed by atoms with van der Waals surface area (Å²) in [7, 11) is 0. The molecule has 0 heterocycles. The molecule has 0 saturated heterocycles. The van der Waals surface area contributed by atoms with Crippen molar-refractivity contribution in [1.29, 1.82) is 0 Å². The highest BCUT2D eigenvalue weighted by molar-refractivity contribution is 6.24. The van der Waals surface area contributed by atoms with Gasteiger partial charge in [0.15, 0.2) is 11.6 Å². The average molecular weight is 433 g/mol. The summed E-state index contributed by atoms with van der Waals surface area (Å²) in [6.45, 7) is 0. The molecule has 1 fully saturated rings. The fraction of sp³-hybridized carbons (Fsp3) is 0.120. The Morgan fingerprint density at radius 2 is 1.59 bits per heavy atom. The van der Waals surface area contributed by atoms with Gasteiger partial charge in [-0.05, 0) is 66.4 Å². The number of nitrogens with two attached hydrogens (primary N) is 1. The quantitative estimate of drug-likeness (QED) is 0.301. The summed E-state index contributed by atoms with van der Waals surface area (Å²) >= 11 is 0. The normalized spacial score (nSPS) is 13.5. The first kappa shape index (κ1) is 21.2. The van der Waals surface area contributed by atoms with Gasteiger partial charge in [-0.3, -0.25) is 9.59 Å². The van der Waals surface area contributed by atoms with E-state index in [1.807, 2.05) is 0 Å². The molecule has 1 aliphatic carbocycles. The summed E-state index contributed by atoms with van der Waals surface area (Å²) in [6, 6.07) is 17.0. The highest BCUT2D eigenvalue weighted by Crippen LogP contribution is 2.25. The maximum absolute atomic E-state index is 13.8. The third-order valence-corrected chi connectivity index (χ3v) is 5.08. The minimum absolute atomic E-state index is 0.104. The van der Waals surface area contributed by atoms with Gasteiger partial charge in [0.2, 0.25) is 0 Å². The first-order chi connectivity index (χ1) is 15.4. The lowest BCUT2D eigenvalue weighted by molar-refractivity contribution is -0.115. The van der Waals surface area contributed by atoms with Gasteiger partial charge in [0.1, 0.15) is 0 Å². The van der Waals surface area contributed by atoms with E-state index in [1.54, 1.807) is 54.6 Å². The predicted molar refractivity (Wildman–Crippen MR) is 121 cm³/mol. The van der Waals surface area contributed by atoms with E-state index in [0.29, 0.717) is 22.5 Å². The number of hydrogen-bond donors (Lipinski definition) is 3. The van der Waals surface area contributed by atoms with Crippen LogP contribution in [-0.2, 0) is 4.79 Å². The van der Waals surface area contributed by atoms with Gasteiger partial charge in [0.05, 0.1) is 11.4 Å². The lowest BCUT2D eigenvalue weighted by atomic mass is 10.0. The third kappa shape index (κ3) is 5.00. The summed E-state index contributed by atoms with van der Waals surface area (Å²) in [4.78, 5) is 25.2. The van der Waals surface area contributed by atoms with Gasteiger partial charge in [0, 0.05) is 17.2 Å². The van der Waals surface area contributed by atoms with Crippen LogP contribution in [0, 0.1) is 11.6 Å². The van der Waals surface area contributed by atoms with Crippen molar-refractivity contribution in [2.24, 2.45) is 0 Å². The van der Waals surface area contributed by atoms with E-state index in [-0.39, 0.29) is 29.0 Å². The molecule has 32 heavy (non-hydrogen) atoms. The number of amides is 2. The van der Waals surface area contributed by atoms with Crippen LogP contribution in [0.15, 0.2) is 66.7 Å². The Morgan fingerprint density at radius 3 is 2.25 bits per heavy atom. The van der Waals surface area contributed by atoms with Crippen LogP contribution in [-0.4, -0.2) is 17.9 Å². The van der Waals surface area contributed by atoms with Crippen molar-refractivity contribution in [2.45, 2.75) is 18.9 Å². The van der Waals surface area contributed by atoms with Crippen LogP contribution in [0.2, 0.25) is 0 Å². The summed E-state index contributed by atoms with van der Waals surface area (Å²) in [5.74, 6) is -2.70. The average Bonchev–Trinajstić information content (AvgIpc) is 3.60. The second kappa shape index (κ2) is 9.01. The van der Waals surface area contributed by atoms with Gasteiger partial charge in [0.25, 0.3) is 11.8 Å². The van der Waals surface area contributed by atoms with Crippen molar-refractivity contribution in [3.8, 4) is 0 Å². The number of carbonyl (C=O) groups is 2. The van der Waals surface area contributed by atoms with E-state index in [1.165, 1.54) is 6.07 Å². The van der Waals surface area contributed by atoms with Crippen LogP contribution in [0.5, 0.6) is 0 Å². The van der Waals surface area contributed by atoms with E-state index >= 15 is 0 Å². The molecule has 1 aliphatic rings. The van der Waals surface area contributed by atoms with Gasteiger partial charge in [-0.25, -0.2) is 8.78 Å². The second-order valence-electron chi connectivity index (χ2n) is 7.60. The Bertz CT molecular complexity index is 1200. The molecule has 5 nitrogen and oxygen atoms in total. The number of nitrogen functional groups attached to an aromatic ring is 1. The summed E-state index contributed by atoms with van der Waals surface area (Å²) in [6.07, 6.45) is 3.38. The largest absolute Gasteiger partial charge is 0.397 e. The second-order valence-corrected chi connectivity index (χ2v) is 7.60. The van der Waals surface area contributed by atoms with E-state index in [9.17, 15) is 18.4 Å². The zero-order valence-electron chi connectivity index (χ0n) is 17.1. The van der Waals surface area contributed by atoms with Crippen LogP contribution < -0.4 is 16.4 Å². The smallest absolute Gasteiger partial charge is 0.255 e. The number of anilines is 2. The monoisotopic (exact) mass is 433 g/mol. The van der Waals surface area contributed by atoms with E-state index < -0.39 is 11.6 Å². The molecule has 2 amide bonds. The van der Waals surface area contributed by atoms with Crippen LogP contribution in [0.1, 0.15) is 34.3 Å². The number of carbonyl (C=O) groups excluding carboxylic acids is 2. The Labute approximate surface area is 183 Å². The maximum atomic E-state index is 13.8. The van der Waals surface area contributed by atoms with Crippen molar-refractivity contribution in [2.75, 3.05) is 11.1 Å². The zero-order chi connectivity index (χ0) is 22.7. The fourth-order valence-electron chi connectivity index (χ4n) is 3.14. The third-order valence-electron chi connectivity index (χ3n) is 5.08. The summed E-state index contributed by atoms with van der Waals surface area (Å²) in [5.41, 5.74) is 8.34. The summed E-state index contributed by atoms with van der Waals surface area (Å²) in [5, 5.41) is 5.62. The van der Waals surface area contributed by atoms with E-state index in [0.717, 1.165) is 25.0 Å². The van der Waals surface area contributed by atoms with Crippen molar-refractivity contribution in [3.63, 3.8) is 0 Å². The zero-order valence-corrected chi connectivity index (χ0v) is 17.1. The molecule has 1 saturated carbocycles. The molecule has 7 heteroatoms. The number of nitrogens with one attached hydrogen (secondary N) is 2. The topological polar surface area (TPSA) is 84.2 Å². The highest BCUT2D eigenvalue weighted by Gasteiger charge is 2.25. The van der Waals surface area contributed by atoms with Gasteiger partial charge < -0.3 is 16.4 Å². The Kier molecular flexibility index (Phi) is 5.98. The number of hydrogen-bond acceptors (Lipinski definition) is 3. The van der Waals surface area contributed by atoms with Crippen LogP contribution >= 0.6 is 0 Å². The molecule has 4 N–H and O–H groups in total. The molecule has 0 unspecified atom stereocenters. The summed E-state index contributed by atoms with van der Waals surface area (Å²) < 4.78 is 27.1. The molecule has 3 aromatic rings. The van der Waals surface area contributed by atoms with E-state index in [4.69, 9.17) is 5.73 Å². The molecule has 0 radical (unpaired) electrons. The maximum Gasteiger partial charge on any atom is 0.255 e. The molecule has 3 aromatic carbocycles. The number of benzene rings is 3. The molecule has 4 rings (SSSR count). The van der Waals surface area contributed by atoms with Gasteiger partial charge >= 0.3 is 0 Å². The minimum Gasteiger partial charge on any atom is -0.397 e. The van der Waals surface area contributed by atoms with Gasteiger partial charge in [-0.1, -0.05) is 30.3 Å². The molecule has 0 aliphatic heterocycles. The minimum atomic E-state index is -1.03. The Balaban J connectivity index is 1.58. The first-order valence-corrected chi connectivity index (χ1v) is 10.1. The molecule has 162 valence electrons. The lowest BCUT2D eigenvalue weighted by Crippen LogP contribution is -2.26. The van der Waals surface area contributed by atoms with Crippen molar-refractivity contribution >= 4 is 34.8 Å². The van der Waals surface area contributed by atoms with Crippen LogP contribution in [0.4, 0.5) is 20.2 Å². The van der Waals surface area contributed by atoms with Gasteiger partial charge in [-0.15, -0.1) is 0 Å². The molecule has 0 bridgehead atoms. The fourth-order valence-corrected chi connectivity index (χ4v) is 3.14. The van der Waals surface area contributed by atoms with E-state index in [2.05, 4.69) is 10.6 Å². The van der Waals surface area contributed by atoms with Crippen LogP contribution in [0.3, 0.4) is 0 Å². The number of para-hydroxylation sites is 2. The van der Waals surface area contributed by atoms with Gasteiger partial charge in [-0.2, -0.15) is 0 Å². The molecular weight excluding hydrogens is 412 g/mol. The molecular formula is C25H21F2N3O2. The van der Waals surface area contributed by atoms with Crippen molar-refractivity contribution < 1.29 is 18.4 Å². The molecule has 0 spiro atoms. The van der Waals surface area contributed by atoms with Crippen molar-refractivity contribution in [3.05, 3.63) is 95.1 Å². The molecule has 0 aromatic heterocycles. The number of halogens is 2. The standard InChI is InChI=1S/C25H21F2N3O2/c26-20-12-9-17(14-21(20)27)19(25(32)29-18-10-11-18)13-15-5-7-16(8-6-15)24(31)30-23-4-2-1-3-22(23)28/h1-9,12-14,18H,10-11,28H2,(H,29,32)(H,30,31). The SMILES string of the molecule is Nc1ccccc1NC(=O)c1ccc(C=C(C(=O)NC2CC2)c2ccc(F)c(F)c2)cc1. The Morgan fingerprint density at radius 1 is 0.906 bits per heavy atom. The number of rotatable bonds is 6. The first-order valence-electron chi connectivity index (χ1n) is 10.1. The predicted octanol–water partition coefficient (Wildman–Crippen LogP) is 4.62. The van der Waals surface area contributed by atoms with Crippen molar-refractivity contribution in [1.82, 2.24) is 5.32 Å². The Hall–Kier alpha value is -4.00.